The number of ether oxygens (including phenoxy) is 5. The molecule has 3 rings (SSSR count). The van der Waals surface area contributed by atoms with Crippen molar-refractivity contribution in [1.29, 1.82) is 0 Å². The number of piperidine rings is 1. The highest BCUT2D eigenvalue weighted by atomic mass is 35.5. The minimum Gasteiger partial charge on any atom is -0.441 e. The van der Waals surface area contributed by atoms with Crippen molar-refractivity contribution in [2.45, 2.75) is 43.4 Å². The number of carbonyl (C=O) groups excluding carboxylic acids is 2. The molecule has 1 amide bonds. The molecule has 0 spiro atoms. The van der Waals surface area contributed by atoms with Gasteiger partial charge in [0.15, 0.2) is 12.2 Å². The van der Waals surface area contributed by atoms with Crippen molar-refractivity contribution in [3.63, 3.8) is 0 Å². The number of alkyl halides is 1. The second-order valence-corrected chi connectivity index (χ2v) is 6.86. The highest BCUT2D eigenvalue weighted by molar-refractivity contribution is 6.18. The summed E-state index contributed by atoms with van der Waals surface area (Å²) in [5, 5.41) is 9.55. The predicted molar refractivity (Wildman–Crippen MR) is 89.4 cm³/mol. The average Bonchev–Trinajstić information content (AvgIpc) is 3.24. The van der Waals surface area contributed by atoms with Crippen molar-refractivity contribution in [3.8, 4) is 0 Å². The molecule has 3 saturated heterocycles. The van der Waals surface area contributed by atoms with Crippen LogP contribution < -0.4 is 0 Å². The van der Waals surface area contributed by atoms with Crippen LogP contribution in [0.1, 0.15) is 12.8 Å². The molecule has 0 radical (unpaired) electrons. The summed E-state index contributed by atoms with van der Waals surface area (Å²) in [4.78, 5) is 40.2. The quantitative estimate of drug-likeness (QED) is 0.259. The van der Waals surface area contributed by atoms with Gasteiger partial charge >= 0.3 is 12.2 Å². The van der Waals surface area contributed by atoms with E-state index >= 15 is 0 Å². The Kier molecular flexibility index (Phi) is 6.97. The fraction of sp³-hybridized carbons (Fsp3) is 0.867. The molecule has 3 aliphatic heterocycles. The van der Waals surface area contributed by atoms with Crippen molar-refractivity contribution in [1.82, 2.24) is 4.90 Å². The number of rotatable bonds is 6. The molecule has 0 aromatic heterocycles. The molecule has 4 atom stereocenters. The van der Waals surface area contributed by atoms with Gasteiger partial charge in [0.2, 0.25) is 0 Å². The van der Waals surface area contributed by atoms with Crippen LogP contribution in [0.25, 0.3) is 0 Å². The first-order valence-electron chi connectivity index (χ1n) is 8.87. The van der Waals surface area contributed by atoms with Crippen LogP contribution in [0.15, 0.2) is 0 Å². The first kappa shape index (κ1) is 20.7. The molecule has 0 unspecified atom stereocenters. The van der Waals surface area contributed by atoms with Gasteiger partial charge in [0.05, 0.1) is 19.1 Å². The van der Waals surface area contributed by atoms with Gasteiger partial charge < -0.3 is 33.4 Å². The number of amides is 1. The molecule has 0 bridgehead atoms. The largest absolute Gasteiger partial charge is 0.508 e. The molecule has 3 fully saturated rings. The normalized spacial score (nSPS) is 29.8. The van der Waals surface area contributed by atoms with Gasteiger partial charge in [-0.05, 0) is 12.8 Å². The molecular weight excluding hydrogens is 404 g/mol. The van der Waals surface area contributed by atoms with Crippen LogP contribution in [-0.2, 0) is 28.5 Å². The van der Waals surface area contributed by atoms with Crippen LogP contribution in [-0.4, -0.2) is 91.5 Å². The van der Waals surface area contributed by atoms with Crippen molar-refractivity contribution >= 4 is 23.8 Å². The summed E-state index contributed by atoms with van der Waals surface area (Å²) >= 11 is 5.44. The lowest BCUT2D eigenvalue weighted by Crippen LogP contribution is -2.44. The molecule has 0 N–H and O–H groups in total. The lowest BCUT2D eigenvalue weighted by Gasteiger charge is -2.31. The summed E-state index contributed by atoms with van der Waals surface area (Å²) in [6, 6.07) is 0. The van der Waals surface area contributed by atoms with Crippen molar-refractivity contribution in [2.75, 3.05) is 38.8 Å². The van der Waals surface area contributed by atoms with Gasteiger partial charge in [0.1, 0.15) is 24.9 Å². The van der Waals surface area contributed by atoms with E-state index in [1.807, 2.05) is 0 Å². The number of hydrogen-bond donors (Lipinski definition) is 0. The molecule has 0 saturated carbocycles. The average molecular weight is 425 g/mol. The highest BCUT2D eigenvalue weighted by Crippen LogP contribution is 2.31. The van der Waals surface area contributed by atoms with E-state index in [1.54, 1.807) is 0 Å². The van der Waals surface area contributed by atoms with Crippen LogP contribution in [0.3, 0.4) is 0 Å². The third kappa shape index (κ3) is 5.06. The second-order valence-electron chi connectivity index (χ2n) is 6.48. The Labute approximate surface area is 165 Å². The zero-order valence-corrected chi connectivity index (χ0v) is 15.7. The van der Waals surface area contributed by atoms with Gasteiger partial charge in [-0.3, -0.25) is 0 Å². The smallest absolute Gasteiger partial charge is 0.441 e. The van der Waals surface area contributed by atoms with E-state index in [0.29, 0.717) is 12.8 Å². The summed E-state index contributed by atoms with van der Waals surface area (Å²) in [7, 11) is 0. The molecule has 28 heavy (non-hydrogen) atoms. The SMILES string of the molecule is O=C(OCCCl)O[C@@H]1CO[C@H]2[C@@H]1OC[C@H]2OC(=O)N1CCC(O[N+](=O)[O-])CC1. The first-order valence-corrected chi connectivity index (χ1v) is 9.40. The number of hydrogen-bond acceptors (Lipinski definition) is 10. The van der Waals surface area contributed by atoms with Gasteiger partial charge in [0.25, 0.3) is 5.09 Å². The molecule has 158 valence electrons. The molecule has 0 aromatic carbocycles. The van der Waals surface area contributed by atoms with E-state index in [1.165, 1.54) is 4.90 Å². The maximum Gasteiger partial charge on any atom is 0.508 e. The fourth-order valence-corrected chi connectivity index (χ4v) is 3.46. The number of nitrogens with zero attached hydrogens (tertiary/aromatic N) is 2. The van der Waals surface area contributed by atoms with Crippen LogP contribution >= 0.6 is 11.6 Å². The zero-order chi connectivity index (χ0) is 20.1. The number of likely N-dealkylation sites (tertiary alicyclic amines) is 1. The fourth-order valence-electron chi connectivity index (χ4n) is 3.38. The van der Waals surface area contributed by atoms with E-state index < -0.39 is 47.9 Å². The number of halogens is 1. The van der Waals surface area contributed by atoms with E-state index in [4.69, 9.17) is 35.3 Å². The van der Waals surface area contributed by atoms with Gasteiger partial charge in [-0.1, -0.05) is 0 Å². The van der Waals surface area contributed by atoms with Crippen LogP contribution in [0, 0.1) is 10.1 Å². The predicted octanol–water partition coefficient (Wildman–Crippen LogP) is 0.722. The molecule has 0 aromatic rings. The summed E-state index contributed by atoms with van der Waals surface area (Å²) in [5.41, 5.74) is 0. The van der Waals surface area contributed by atoms with Gasteiger partial charge in [-0.25, -0.2) is 9.59 Å². The van der Waals surface area contributed by atoms with E-state index in [9.17, 15) is 19.7 Å². The lowest BCUT2D eigenvalue weighted by molar-refractivity contribution is -0.769. The molecule has 12 nitrogen and oxygen atoms in total. The van der Waals surface area contributed by atoms with Gasteiger partial charge in [0, 0.05) is 13.1 Å². The van der Waals surface area contributed by atoms with Crippen molar-refractivity contribution < 1.29 is 43.2 Å². The Morgan fingerprint density at radius 2 is 1.71 bits per heavy atom. The summed E-state index contributed by atoms with van der Waals surface area (Å²) in [6.07, 6.45) is -3.65. The summed E-state index contributed by atoms with van der Waals surface area (Å²) < 4.78 is 26.5. The molecule has 13 heteroatoms. The lowest BCUT2D eigenvalue weighted by atomic mass is 10.1. The highest BCUT2D eigenvalue weighted by Gasteiger charge is 2.51. The maximum absolute atomic E-state index is 12.3. The van der Waals surface area contributed by atoms with Crippen LogP contribution in [0.2, 0.25) is 0 Å². The van der Waals surface area contributed by atoms with Crippen LogP contribution in [0.5, 0.6) is 0 Å². The Bertz CT molecular complexity index is 585. The third-order valence-electron chi connectivity index (χ3n) is 4.69. The Morgan fingerprint density at radius 3 is 2.29 bits per heavy atom. The second kappa shape index (κ2) is 9.43. The zero-order valence-electron chi connectivity index (χ0n) is 14.9. The number of carbonyl (C=O) groups is 2. The molecule has 3 heterocycles. The monoisotopic (exact) mass is 424 g/mol. The topological polar surface area (TPSA) is 136 Å². The third-order valence-corrected chi connectivity index (χ3v) is 4.85. The standard InChI is InChI=1S/C15H21ClN2O10/c16-3-6-23-15(20)27-11-8-25-12-10(7-24-13(11)12)26-14(19)17-4-1-9(2-5-17)28-18(21)22/h9-13H,1-8H2/t10-,11-,12-,13-/m1/s1. The van der Waals surface area contributed by atoms with E-state index in [-0.39, 0.29) is 38.8 Å². The van der Waals surface area contributed by atoms with E-state index in [0.717, 1.165) is 0 Å². The number of fused-ring (bicyclic) bond motifs is 1. The minimum atomic E-state index is -0.862. The molecule has 3 aliphatic rings. The Balaban J connectivity index is 1.43. The molecular formula is C15H21ClN2O10. The van der Waals surface area contributed by atoms with Crippen LogP contribution in [0.4, 0.5) is 9.59 Å². The Morgan fingerprint density at radius 1 is 1.11 bits per heavy atom. The van der Waals surface area contributed by atoms with Gasteiger partial charge in [-0.2, -0.15) is 0 Å². The summed E-state index contributed by atoms with van der Waals surface area (Å²) in [6.45, 7) is 0.824. The van der Waals surface area contributed by atoms with Crippen molar-refractivity contribution in [2.24, 2.45) is 0 Å². The van der Waals surface area contributed by atoms with Gasteiger partial charge in [-0.15, -0.1) is 21.7 Å². The summed E-state index contributed by atoms with van der Waals surface area (Å²) in [5.74, 6) is 0.159. The minimum absolute atomic E-state index is 0.0343. The molecule has 0 aliphatic carbocycles. The Hall–Kier alpha value is -2.05. The van der Waals surface area contributed by atoms with E-state index in [2.05, 4.69) is 4.84 Å². The maximum atomic E-state index is 12.3. The van der Waals surface area contributed by atoms with Crippen molar-refractivity contribution in [3.05, 3.63) is 10.1 Å². The first-order chi connectivity index (χ1) is 13.5.